The Bertz CT molecular complexity index is 406. The zero-order valence-electron chi connectivity index (χ0n) is 20.3. The number of carbonyl (C=O) groups is 1. The molecule has 0 fully saturated rings. The van der Waals surface area contributed by atoms with Crippen LogP contribution in [-0.2, 0) is 22.8 Å². The third-order valence-electron chi connectivity index (χ3n) is 4.79. The van der Waals surface area contributed by atoms with E-state index < -0.39 is 8.80 Å². The first-order valence-corrected chi connectivity index (χ1v) is 14.2. The average Bonchev–Trinajstić information content (AvgIpc) is 2.74. The largest absolute Gasteiger partial charge is 0.500 e. The minimum atomic E-state index is -2.51. The Morgan fingerprint density at radius 1 is 0.667 bits per heavy atom. The van der Waals surface area contributed by atoms with Crippen molar-refractivity contribution in [1.29, 1.82) is 0 Å². The van der Waals surface area contributed by atoms with Gasteiger partial charge < -0.3 is 18.0 Å². The molecule has 5 nitrogen and oxygen atoms in total. The van der Waals surface area contributed by atoms with E-state index >= 15 is 0 Å². The van der Waals surface area contributed by atoms with Gasteiger partial charge in [0.25, 0.3) is 0 Å². The lowest BCUT2D eigenvalue weighted by molar-refractivity contribution is -0.139. The second kappa shape index (κ2) is 20.2. The second-order valence-electron chi connectivity index (χ2n) is 8.08. The molecule has 0 spiro atoms. The molecule has 30 heavy (non-hydrogen) atoms. The lowest BCUT2D eigenvalue weighted by Gasteiger charge is -2.29. The van der Waals surface area contributed by atoms with Gasteiger partial charge in [-0.2, -0.15) is 0 Å². The van der Waals surface area contributed by atoms with Crippen molar-refractivity contribution in [2.24, 2.45) is 0 Å². The van der Waals surface area contributed by atoms with Crippen LogP contribution in [0.3, 0.4) is 0 Å². The molecule has 0 bridgehead atoms. The summed E-state index contributed by atoms with van der Waals surface area (Å²) in [7, 11) is -2.51. The van der Waals surface area contributed by atoms with E-state index in [0.29, 0.717) is 12.2 Å². The van der Waals surface area contributed by atoms with Crippen molar-refractivity contribution < 1.29 is 22.8 Å². The van der Waals surface area contributed by atoms with Crippen molar-refractivity contribution in [3.05, 3.63) is 12.2 Å². The number of rotatable bonds is 22. The van der Waals surface area contributed by atoms with Crippen molar-refractivity contribution in [3.63, 3.8) is 0 Å². The van der Waals surface area contributed by atoms with Gasteiger partial charge in [0.05, 0.1) is 6.61 Å². The fraction of sp³-hybridized carbons (Fsp3) is 0.875. The van der Waals surface area contributed by atoms with Crippen LogP contribution in [0.25, 0.3) is 0 Å². The molecular weight excluding hydrogens is 396 g/mol. The Hall–Kier alpha value is -0.693. The van der Waals surface area contributed by atoms with E-state index in [1.807, 2.05) is 0 Å². The maximum absolute atomic E-state index is 11.3. The summed E-state index contributed by atoms with van der Waals surface area (Å²) in [5.41, 5.74) is 0.473. The normalized spacial score (nSPS) is 11.6. The van der Waals surface area contributed by atoms with Crippen LogP contribution in [0.5, 0.6) is 0 Å². The summed E-state index contributed by atoms with van der Waals surface area (Å²) < 4.78 is 23.6. The molecule has 178 valence electrons. The fourth-order valence-electron chi connectivity index (χ4n) is 3.08. The van der Waals surface area contributed by atoms with E-state index in [-0.39, 0.29) is 5.97 Å². The molecule has 0 aliphatic carbocycles. The first-order valence-electron chi connectivity index (χ1n) is 12.3. The van der Waals surface area contributed by atoms with Gasteiger partial charge in [-0.1, -0.05) is 72.3 Å². The zero-order chi connectivity index (χ0) is 22.5. The minimum Gasteiger partial charge on any atom is -0.462 e. The van der Waals surface area contributed by atoms with Gasteiger partial charge in [-0.25, -0.2) is 4.79 Å². The maximum Gasteiger partial charge on any atom is 0.500 e. The van der Waals surface area contributed by atoms with Gasteiger partial charge in [-0.15, -0.1) is 0 Å². The zero-order valence-corrected chi connectivity index (χ0v) is 21.3. The number of hydrogen-bond acceptors (Lipinski definition) is 5. The summed E-state index contributed by atoms with van der Waals surface area (Å²) in [6.45, 7) is 14.4. The monoisotopic (exact) mass is 444 g/mol. The topological polar surface area (TPSA) is 54.0 Å². The summed E-state index contributed by atoms with van der Waals surface area (Å²) in [4.78, 5) is 11.3. The number of unbranched alkanes of at least 4 members (excludes halogenated alkanes) is 8. The first-order chi connectivity index (χ1) is 14.5. The third-order valence-corrected chi connectivity index (χ3v) is 7.68. The summed E-state index contributed by atoms with van der Waals surface area (Å²) >= 11 is 0. The van der Waals surface area contributed by atoms with Crippen molar-refractivity contribution >= 4 is 14.8 Å². The molecule has 0 unspecified atom stereocenters. The van der Waals surface area contributed by atoms with Gasteiger partial charge in [0, 0.05) is 31.4 Å². The van der Waals surface area contributed by atoms with Crippen molar-refractivity contribution in [3.8, 4) is 0 Å². The van der Waals surface area contributed by atoms with Crippen molar-refractivity contribution in [1.82, 2.24) is 0 Å². The number of hydrogen-bond donors (Lipinski definition) is 0. The fourth-order valence-corrected chi connectivity index (χ4v) is 5.99. The molecular formula is C24H48O5Si. The molecule has 0 radical (unpaired) electrons. The Kier molecular flexibility index (Phi) is 19.8. The van der Waals surface area contributed by atoms with Crippen LogP contribution >= 0.6 is 0 Å². The Morgan fingerprint density at radius 2 is 1.07 bits per heavy atom. The van der Waals surface area contributed by atoms with Crippen LogP contribution in [0.1, 0.15) is 105 Å². The predicted molar refractivity (Wildman–Crippen MR) is 127 cm³/mol. The Morgan fingerprint density at radius 3 is 1.47 bits per heavy atom. The lowest BCUT2D eigenvalue weighted by Crippen LogP contribution is -2.46. The summed E-state index contributed by atoms with van der Waals surface area (Å²) in [5, 5.41) is 0. The molecule has 0 aromatic carbocycles. The van der Waals surface area contributed by atoms with Gasteiger partial charge in [-0.3, -0.25) is 0 Å². The molecule has 0 heterocycles. The maximum atomic E-state index is 11.3. The molecule has 0 aliphatic rings. The van der Waals surface area contributed by atoms with E-state index in [2.05, 4.69) is 27.4 Å². The molecule has 0 rings (SSSR count). The molecule has 0 aromatic rings. The van der Waals surface area contributed by atoms with Gasteiger partial charge in [-0.05, 0) is 39.0 Å². The van der Waals surface area contributed by atoms with E-state index in [1.54, 1.807) is 6.92 Å². The molecule has 0 aliphatic heterocycles. The van der Waals surface area contributed by atoms with Crippen LogP contribution in [-0.4, -0.2) is 41.2 Å². The molecule has 0 aromatic heterocycles. The second-order valence-corrected chi connectivity index (χ2v) is 10.8. The first kappa shape index (κ1) is 29.3. The Balaban J connectivity index is 3.86. The van der Waals surface area contributed by atoms with E-state index in [1.165, 1.54) is 38.5 Å². The van der Waals surface area contributed by atoms with E-state index in [0.717, 1.165) is 64.4 Å². The quantitative estimate of drug-likeness (QED) is 0.0792. The summed E-state index contributed by atoms with van der Waals surface area (Å²) in [6, 6.07) is 0.940. The van der Waals surface area contributed by atoms with Crippen molar-refractivity contribution in [2.75, 3.05) is 26.4 Å². The van der Waals surface area contributed by atoms with Gasteiger partial charge in [0.2, 0.25) is 0 Å². The van der Waals surface area contributed by atoms with Gasteiger partial charge in [0.1, 0.15) is 0 Å². The number of ether oxygens (including phenoxy) is 1. The van der Waals surface area contributed by atoms with Gasteiger partial charge >= 0.3 is 14.8 Å². The lowest BCUT2D eigenvalue weighted by atomic mass is 10.1. The van der Waals surface area contributed by atoms with E-state index in [4.69, 9.17) is 18.0 Å². The van der Waals surface area contributed by atoms with Gasteiger partial charge in [0.15, 0.2) is 0 Å². The van der Waals surface area contributed by atoms with Crippen LogP contribution in [0.2, 0.25) is 6.04 Å². The SMILES string of the molecule is C=C(C)C(=O)OCCCCCCCCCCC[Si](OCCC)(OCCC)OCCC. The average molecular weight is 445 g/mol. The van der Waals surface area contributed by atoms with Crippen LogP contribution in [0.4, 0.5) is 0 Å². The molecule has 0 N–H and O–H groups in total. The highest BCUT2D eigenvalue weighted by Crippen LogP contribution is 2.22. The highest BCUT2D eigenvalue weighted by atomic mass is 28.4. The predicted octanol–water partition coefficient (Wildman–Crippen LogP) is 6.84. The number of esters is 1. The third kappa shape index (κ3) is 16.1. The summed E-state index contributed by atoms with van der Waals surface area (Å²) in [6.07, 6.45) is 13.7. The van der Waals surface area contributed by atoms with E-state index in [9.17, 15) is 4.79 Å². The van der Waals surface area contributed by atoms with Crippen LogP contribution in [0, 0.1) is 0 Å². The molecule has 0 amide bonds. The molecule has 0 saturated carbocycles. The van der Waals surface area contributed by atoms with Crippen molar-refractivity contribution in [2.45, 2.75) is 111 Å². The summed E-state index contributed by atoms with van der Waals surface area (Å²) in [5.74, 6) is -0.276. The minimum absolute atomic E-state index is 0.276. The van der Waals surface area contributed by atoms with Crippen LogP contribution < -0.4 is 0 Å². The Labute approximate surface area is 187 Å². The molecule has 6 heteroatoms. The smallest absolute Gasteiger partial charge is 0.462 e. The molecule has 0 atom stereocenters. The highest BCUT2D eigenvalue weighted by Gasteiger charge is 2.40. The standard InChI is InChI=1S/C24H48O5Si/c1-6-18-27-30(28-19-7-2,29-20-8-3)22-17-15-13-11-9-10-12-14-16-21-26-24(25)23(4)5/h4,6-22H2,1-3,5H3. The number of carbonyl (C=O) groups excluding carboxylic acids is 1. The molecule has 0 saturated heterocycles. The highest BCUT2D eigenvalue weighted by molar-refractivity contribution is 6.60. The van der Waals surface area contributed by atoms with Crippen LogP contribution in [0.15, 0.2) is 12.2 Å².